The molecule has 1 aromatic rings. The Balaban J connectivity index is 3.26. The number of aromatic nitrogens is 2. The van der Waals surface area contributed by atoms with E-state index in [1.165, 1.54) is 0 Å². The number of halogens is 3. The SMILES string of the molecule is CCN(CC)c1ncc(C=O)c(C(F)(F)F)n1. The van der Waals surface area contributed by atoms with E-state index in [9.17, 15) is 18.0 Å². The Bertz CT molecular complexity index is 402. The van der Waals surface area contributed by atoms with Crippen molar-refractivity contribution in [1.29, 1.82) is 0 Å². The van der Waals surface area contributed by atoms with Gasteiger partial charge in [-0.1, -0.05) is 0 Å². The fourth-order valence-electron chi connectivity index (χ4n) is 1.35. The second-order valence-corrected chi connectivity index (χ2v) is 3.26. The van der Waals surface area contributed by atoms with Gasteiger partial charge in [-0.3, -0.25) is 4.79 Å². The Kier molecular flexibility index (Phi) is 4.03. The van der Waals surface area contributed by atoms with E-state index in [2.05, 4.69) is 9.97 Å². The summed E-state index contributed by atoms with van der Waals surface area (Å²) in [5.74, 6) is -0.0204. The lowest BCUT2D eigenvalue weighted by molar-refractivity contribution is -0.141. The summed E-state index contributed by atoms with van der Waals surface area (Å²) in [5.41, 5.74) is -1.74. The lowest BCUT2D eigenvalue weighted by Gasteiger charge is -2.19. The molecule has 94 valence electrons. The van der Waals surface area contributed by atoms with Gasteiger partial charge in [-0.05, 0) is 13.8 Å². The molecule has 1 aromatic heterocycles. The number of hydrogen-bond acceptors (Lipinski definition) is 4. The van der Waals surface area contributed by atoms with Crippen LogP contribution >= 0.6 is 0 Å². The molecular formula is C10H12F3N3O. The maximum absolute atomic E-state index is 12.6. The van der Waals surface area contributed by atoms with Gasteiger partial charge in [0.05, 0.1) is 5.56 Å². The fraction of sp³-hybridized carbons (Fsp3) is 0.500. The van der Waals surface area contributed by atoms with Crippen LogP contribution in [-0.4, -0.2) is 29.3 Å². The Labute approximate surface area is 96.5 Å². The van der Waals surface area contributed by atoms with E-state index in [1.807, 2.05) is 0 Å². The molecule has 0 aliphatic carbocycles. The van der Waals surface area contributed by atoms with Gasteiger partial charge in [0, 0.05) is 19.3 Å². The third kappa shape index (κ3) is 2.92. The number of carbonyl (C=O) groups excluding carboxylic acids is 1. The van der Waals surface area contributed by atoms with Gasteiger partial charge in [0.2, 0.25) is 5.95 Å². The summed E-state index contributed by atoms with van der Waals surface area (Å²) in [6.45, 7) is 4.56. The minimum Gasteiger partial charge on any atom is -0.341 e. The highest BCUT2D eigenvalue weighted by Crippen LogP contribution is 2.30. The summed E-state index contributed by atoms with van der Waals surface area (Å²) in [7, 11) is 0. The maximum Gasteiger partial charge on any atom is 0.434 e. The standard InChI is InChI=1S/C10H12F3N3O/c1-3-16(4-2)9-14-5-7(6-17)8(15-9)10(11,12)13/h5-6H,3-4H2,1-2H3. The zero-order chi connectivity index (χ0) is 13.1. The second-order valence-electron chi connectivity index (χ2n) is 3.26. The summed E-state index contributed by atoms with van der Waals surface area (Å²) in [4.78, 5) is 19.2. The molecule has 0 radical (unpaired) electrons. The monoisotopic (exact) mass is 247 g/mol. The van der Waals surface area contributed by atoms with E-state index in [0.29, 0.717) is 13.1 Å². The van der Waals surface area contributed by atoms with Crippen LogP contribution in [0.2, 0.25) is 0 Å². The highest BCUT2D eigenvalue weighted by Gasteiger charge is 2.36. The van der Waals surface area contributed by atoms with E-state index in [1.54, 1.807) is 18.7 Å². The van der Waals surface area contributed by atoms with Gasteiger partial charge >= 0.3 is 6.18 Å². The number of hydrogen-bond donors (Lipinski definition) is 0. The van der Waals surface area contributed by atoms with Crippen molar-refractivity contribution in [3.8, 4) is 0 Å². The zero-order valence-corrected chi connectivity index (χ0v) is 9.45. The third-order valence-corrected chi connectivity index (χ3v) is 2.25. The molecule has 0 bridgehead atoms. The smallest absolute Gasteiger partial charge is 0.341 e. The average Bonchev–Trinajstić information content (AvgIpc) is 2.29. The van der Waals surface area contributed by atoms with Crippen LogP contribution in [0.1, 0.15) is 29.9 Å². The third-order valence-electron chi connectivity index (χ3n) is 2.25. The minimum absolute atomic E-state index is 0.0204. The molecule has 0 aliphatic heterocycles. The van der Waals surface area contributed by atoms with E-state index in [-0.39, 0.29) is 12.2 Å². The van der Waals surface area contributed by atoms with Crippen LogP contribution in [-0.2, 0) is 6.18 Å². The molecular weight excluding hydrogens is 235 g/mol. The second kappa shape index (κ2) is 5.11. The first-order chi connectivity index (χ1) is 7.93. The predicted molar refractivity (Wildman–Crippen MR) is 56.0 cm³/mol. The molecule has 0 aliphatic rings. The van der Waals surface area contributed by atoms with Crippen LogP contribution < -0.4 is 4.90 Å². The number of anilines is 1. The number of aldehydes is 1. The molecule has 0 atom stereocenters. The van der Waals surface area contributed by atoms with E-state index in [0.717, 1.165) is 6.20 Å². The van der Waals surface area contributed by atoms with Crippen LogP contribution in [0.4, 0.5) is 19.1 Å². The van der Waals surface area contributed by atoms with Crippen LogP contribution in [0.25, 0.3) is 0 Å². The first-order valence-electron chi connectivity index (χ1n) is 5.08. The molecule has 0 aromatic carbocycles. The molecule has 1 heterocycles. The Hall–Kier alpha value is -1.66. The van der Waals surface area contributed by atoms with Gasteiger partial charge in [0.1, 0.15) is 0 Å². The molecule has 0 amide bonds. The summed E-state index contributed by atoms with van der Waals surface area (Å²) < 4.78 is 37.9. The number of alkyl halides is 3. The van der Waals surface area contributed by atoms with Crippen molar-refractivity contribution in [3.05, 3.63) is 17.5 Å². The molecule has 0 saturated heterocycles. The van der Waals surface area contributed by atoms with Crippen molar-refractivity contribution in [2.45, 2.75) is 20.0 Å². The van der Waals surface area contributed by atoms with E-state index in [4.69, 9.17) is 0 Å². The van der Waals surface area contributed by atoms with Gasteiger partial charge in [0.15, 0.2) is 12.0 Å². The van der Waals surface area contributed by atoms with Crippen molar-refractivity contribution in [3.63, 3.8) is 0 Å². The average molecular weight is 247 g/mol. The van der Waals surface area contributed by atoms with Crippen molar-refractivity contribution < 1.29 is 18.0 Å². The highest BCUT2D eigenvalue weighted by molar-refractivity contribution is 5.76. The molecule has 0 spiro atoms. The molecule has 0 N–H and O–H groups in total. The summed E-state index contributed by atoms with van der Waals surface area (Å²) >= 11 is 0. The molecule has 4 nitrogen and oxygen atoms in total. The van der Waals surface area contributed by atoms with Gasteiger partial charge in [-0.25, -0.2) is 9.97 Å². The van der Waals surface area contributed by atoms with Crippen molar-refractivity contribution >= 4 is 12.2 Å². The zero-order valence-electron chi connectivity index (χ0n) is 9.45. The van der Waals surface area contributed by atoms with E-state index >= 15 is 0 Å². The lowest BCUT2D eigenvalue weighted by atomic mass is 10.2. The molecule has 0 fully saturated rings. The Morgan fingerprint density at radius 1 is 1.35 bits per heavy atom. The normalized spacial score (nSPS) is 11.4. The van der Waals surface area contributed by atoms with Crippen molar-refractivity contribution in [2.75, 3.05) is 18.0 Å². The molecule has 0 unspecified atom stereocenters. The Morgan fingerprint density at radius 3 is 2.35 bits per heavy atom. The molecule has 17 heavy (non-hydrogen) atoms. The fourth-order valence-corrected chi connectivity index (χ4v) is 1.35. The largest absolute Gasteiger partial charge is 0.434 e. The molecule has 7 heteroatoms. The summed E-state index contributed by atoms with van der Waals surface area (Å²) in [6, 6.07) is 0. The summed E-state index contributed by atoms with van der Waals surface area (Å²) in [6.07, 6.45) is -3.65. The first-order valence-corrected chi connectivity index (χ1v) is 5.08. The maximum atomic E-state index is 12.6. The van der Waals surface area contributed by atoms with Crippen LogP contribution in [0, 0.1) is 0 Å². The van der Waals surface area contributed by atoms with Crippen LogP contribution in [0.5, 0.6) is 0 Å². The van der Waals surface area contributed by atoms with E-state index < -0.39 is 17.4 Å². The van der Waals surface area contributed by atoms with Crippen molar-refractivity contribution in [1.82, 2.24) is 9.97 Å². The number of carbonyl (C=O) groups is 1. The van der Waals surface area contributed by atoms with Gasteiger partial charge < -0.3 is 4.90 Å². The lowest BCUT2D eigenvalue weighted by Crippen LogP contribution is -2.26. The Morgan fingerprint density at radius 2 is 1.94 bits per heavy atom. The molecule has 0 saturated carbocycles. The first kappa shape index (κ1) is 13.4. The van der Waals surface area contributed by atoms with Crippen molar-refractivity contribution in [2.24, 2.45) is 0 Å². The van der Waals surface area contributed by atoms with Gasteiger partial charge in [0.25, 0.3) is 0 Å². The number of rotatable bonds is 4. The summed E-state index contributed by atoms with van der Waals surface area (Å²) in [5, 5.41) is 0. The molecule has 1 rings (SSSR count). The quantitative estimate of drug-likeness (QED) is 0.765. The number of nitrogens with zero attached hydrogens (tertiary/aromatic N) is 3. The predicted octanol–water partition coefficient (Wildman–Crippen LogP) is 2.15. The van der Waals surface area contributed by atoms with Crippen LogP contribution in [0.15, 0.2) is 6.20 Å². The van der Waals surface area contributed by atoms with Gasteiger partial charge in [-0.15, -0.1) is 0 Å². The van der Waals surface area contributed by atoms with Crippen LogP contribution in [0.3, 0.4) is 0 Å². The topological polar surface area (TPSA) is 46.1 Å². The van der Waals surface area contributed by atoms with Gasteiger partial charge in [-0.2, -0.15) is 13.2 Å². The highest BCUT2D eigenvalue weighted by atomic mass is 19.4. The minimum atomic E-state index is -4.65.